The maximum absolute atomic E-state index is 3.48. The molecule has 1 heteroatoms. The Kier molecular flexibility index (Phi) is 3.00. The van der Waals surface area contributed by atoms with Gasteiger partial charge in [0.15, 0.2) is 0 Å². The van der Waals surface area contributed by atoms with Crippen molar-refractivity contribution >= 4 is 21.8 Å². The molecule has 0 amide bonds. The Morgan fingerprint density at radius 1 is 0.682 bits per heavy atom. The summed E-state index contributed by atoms with van der Waals surface area (Å²) in [5, 5.41) is 2.58. The summed E-state index contributed by atoms with van der Waals surface area (Å²) in [4.78, 5) is 3.48. The van der Waals surface area contributed by atoms with Gasteiger partial charge < -0.3 is 4.98 Å². The lowest BCUT2D eigenvalue weighted by Gasteiger charge is -2.07. The number of fused-ring (bicyclic) bond motifs is 3. The minimum Gasteiger partial charge on any atom is -0.355 e. The minimum absolute atomic E-state index is 0.574. The molecule has 0 radical (unpaired) electrons. The zero-order valence-electron chi connectivity index (χ0n) is 12.9. The van der Waals surface area contributed by atoms with Crippen molar-refractivity contribution in [1.29, 1.82) is 0 Å². The Balaban J connectivity index is 1.86. The SMILES string of the molecule is CC(C)c1ccc(-c2ccc3[nH]c4ccccc4c3c2)cc1. The smallest absolute Gasteiger partial charge is 0.0465 e. The van der Waals surface area contributed by atoms with E-state index in [0.29, 0.717) is 5.92 Å². The van der Waals surface area contributed by atoms with Crippen molar-refractivity contribution in [2.75, 3.05) is 0 Å². The van der Waals surface area contributed by atoms with Crippen LogP contribution in [0.3, 0.4) is 0 Å². The first kappa shape index (κ1) is 13.1. The molecular weight excluding hydrogens is 266 g/mol. The molecule has 3 aromatic carbocycles. The maximum Gasteiger partial charge on any atom is 0.0465 e. The summed E-state index contributed by atoms with van der Waals surface area (Å²) in [7, 11) is 0. The Morgan fingerprint density at radius 3 is 2.14 bits per heavy atom. The maximum atomic E-state index is 3.48. The zero-order chi connectivity index (χ0) is 15.1. The molecule has 0 bridgehead atoms. The second-order valence-corrected chi connectivity index (χ2v) is 6.21. The number of aromatic amines is 1. The number of hydrogen-bond acceptors (Lipinski definition) is 0. The fourth-order valence-electron chi connectivity index (χ4n) is 3.09. The molecule has 0 saturated heterocycles. The number of aromatic nitrogens is 1. The molecule has 0 aliphatic carbocycles. The van der Waals surface area contributed by atoms with Crippen LogP contribution in [0, 0.1) is 0 Å². The van der Waals surface area contributed by atoms with Crippen LogP contribution in [0.5, 0.6) is 0 Å². The summed E-state index contributed by atoms with van der Waals surface area (Å²) in [6.07, 6.45) is 0. The van der Waals surface area contributed by atoms with Crippen molar-refractivity contribution < 1.29 is 0 Å². The van der Waals surface area contributed by atoms with Gasteiger partial charge >= 0.3 is 0 Å². The standard InChI is InChI=1S/C21H19N/c1-14(2)15-7-9-16(10-8-15)17-11-12-21-19(13-17)18-5-3-4-6-20(18)22-21/h3-14,22H,1-2H3. The molecule has 1 N–H and O–H groups in total. The summed E-state index contributed by atoms with van der Waals surface area (Å²) in [6, 6.07) is 24.1. The van der Waals surface area contributed by atoms with Crippen LogP contribution in [0.15, 0.2) is 66.7 Å². The molecule has 1 aromatic heterocycles. The molecule has 0 fully saturated rings. The van der Waals surface area contributed by atoms with Crippen LogP contribution in [0.1, 0.15) is 25.3 Å². The predicted octanol–water partition coefficient (Wildman–Crippen LogP) is 6.11. The van der Waals surface area contributed by atoms with Crippen LogP contribution in [0.4, 0.5) is 0 Å². The van der Waals surface area contributed by atoms with Crippen molar-refractivity contribution in [2.24, 2.45) is 0 Å². The first-order valence-corrected chi connectivity index (χ1v) is 7.83. The Bertz CT molecular complexity index is 943. The molecule has 22 heavy (non-hydrogen) atoms. The monoisotopic (exact) mass is 285 g/mol. The second-order valence-electron chi connectivity index (χ2n) is 6.21. The molecule has 108 valence electrons. The number of benzene rings is 3. The van der Waals surface area contributed by atoms with Crippen molar-refractivity contribution in [3.05, 3.63) is 72.3 Å². The average Bonchev–Trinajstić information content (AvgIpc) is 2.92. The number of hydrogen-bond donors (Lipinski definition) is 1. The van der Waals surface area contributed by atoms with E-state index in [4.69, 9.17) is 0 Å². The van der Waals surface area contributed by atoms with E-state index >= 15 is 0 Å². The third-order valence-electron chi connectivity index (χ3n) is 4.42. The molecule has 4 rings (SSSR count). The molecule has 0 unspecified atom stereocenters. The van der Waals surface area contributed by atoms with E-state index in [2.05, 4.69) is 85.6 Å². The molecule has 1 heterocycles. The van der Waals surface area contributed by atoms with Gasteiger partial charge in [0.2, 0.25) is 0 Å². The molecule has 0 aliphatic heterocycles. The van der Waals surface area contributed by atoms with Gasteiger partial charge in [-0.2, -0.15) is 0 Å². The van der Waals surface area contributed by atoms with E-state index in [0.717, 1.165) is 0 Å². The highest BCUT2D eigenvalue weighted by Gasteiger charge is 2.06. The van der Waals surface area contributed by atoms with Crippen LogP contribution in [0.2, 0.25) is 0 Å². The predicted molar refractivity (Wildman–Crippen MR) is 95.3 cm³/mol. The Morgan fingerprint density at radius 2 is 1.36 bits per heavy atom. The third-order valence-corrected chi connectivity index (χ3v) is 4.42. The summed E-state index contributed by atoms with van der Waals surface area (Å²) >= 11 is 0. The van der Waals surface area contributed by atoms with E-state index in [1.807, 2.05) is 0 Å². The van der Waals surface area contributed by atoms with Crippen LogP contribution >= 0.6 is 0 Å². The fourth-order valence-corrected chi connectivity index (χ4v) is 3.09. The largest absolute Gasteiger partial charge is 0.355 e. The van der Waals surface area contributed by atoms with Crippen molar-refractivity contribution in [3.8, 4) is 11.1 Å². The Labute approximate surface area is 130 Å². The van der Waals surface area contributed by atoms with Gasteiger partial charge in [-0.05, 0) is 40.8 Å². The van der Waals surface area contributed by atoms with Gasteiger partial charge in [0.1, 0.15) is 0 Å². The van der Waals surface area contributed by atoms with Gasteiger partial charge in [-0.1, -0.05) is 62.4 Å². The zero-order valence-corrected chi connectivity index (χ0v) is 12.9. The fraction of sp³-hybridized carbons (Fsp3) is 0.143. The highest BCUT2D eigenvalue weighted by Crippen LogP contribution is 2.30. The molecule has 0 spiro atoms. The van der Waals surface area contributed by atoms with Crippen LogP contribution in [0.25, 0.3) is 32.9 Å². The van der Waals surface area contributed by atoms with Gasteiger partial charge in [-0.25, -0.2) is 0 Å². The average molecular weight is 285 g/mol. The summed E-state index contributed by atoms with van der Waals surface area (Å²) in [5.74, 6) is 0.574. The first-order valence-electron chi connectivity index (χ1n) is 7.83. The van der Waals surface area contributed by atoms with Gasteiger partial charge in [0.25, 0.3) is 0 Å². The minimum atomic E-state index is 0.574. The van der Waals surface area contributed by atoms with Crippen LogP contribution < -0.4 is 0 Å². The molecular formula is C21H19N. The summed E-state index contributed by atoms with van der Waals surface area (Å²) in [6.45, 7) is 4.46. The topological polar surface area (TPSA) is 15.8 Å². The molecule has 0 aliphatic rings. The lowest BCUT2D eigenvalue weighted by Crippen LogP contribution is -1.86. The number of H-pyrrole nitrogens is 1. The van der Waals surface area contributed by atoms with E-state index in [-0.39, 0.29) is 0 Å². The normalized spacial score (nSPS) is 11.6. The van der Waals surface area contributed by atoms with Gasteiger partial charge in [0, 0.05) is 21.8 Å². The van der Waals surface area contributed by atoms with Gasteiger partial charge in [-0.3, -0.25) is 0 Å². The molecule has 0 saturated carbocycles. The van der Waals surface area contributed by atoms with Crippen LogP contribution in [-0.2, 0) is 0 Å². The van der Waals surface area contributed by atoms with Gasteiger partial charge in [-0.15, -0.1) is 0 Å². The highest BCUT2D eigenvalue weighted by atomic mass is 14.7. The molecule has 4 aromatic rings. The van der Waals surface area contributed by atoms with E-state index < -0.39 is 0 Å². The van der Waals surface area contributed by atoms with E-state index in [1.54, 1.807) is 0 Å². The van der Waals surface area contributed by atoms with Crippen LogP contribution in [-0.4, -0.2) is 4.98 Å². The number of para-hydroxylation sites is 1. The van der Waals surface area contributed by atoms with Crippen molar-refractivity contribution in [2.45, 2.75) is 19.8 Å². The van der Waals surface area contributed by atoms with Crippen molar-refractivity contribution in [1.82, 2.24) is 4.98 Å². The van der Waals surface area contributed by atoms with E-state index in [1.165, 1.54) is 38.5 Å². The molecule has 1 nitrogen and oxygen atoms in total. The van der Waals surface area contributed by atoms with Gasteiger partial charge in [0.05, 0.1) is 0 Å². The van der Waals surface area contributed by atoms with Crippen molar-refractivity contribution in [3.63, 3.8) is 0 Å². The quantitative estimate of drug-likeness (QED) is 0.457. The highest BCUT2D eigenvalue weighted by molar-refractivity contribution is 6.08. The summed E-state index contributed by atoms with van der Waals surface area (Å²) < 4.78 is 0. The first-order chi connectivity index (χ1) is 10.7. The lowest BCUT2D eigenvalue weighted by atomic mass is 9.98. The third kappa shape index (κ3) is 2.10. The lowest BCUT2D eigenvalue weighted by molar-refractivity contribution is 0.867. The second kappa shape index (κ2) is 5.03. The number of rotatable bonds is 2. The number of nitrogens with one attached hydrogen (secondary N) is 1. The molecule has 0 atom stereocenters. The Hall–Kier alpha value is -2.54. The summed E-state index contributed by atoms with van der Waals surface area (Å²) in [5.41, 5.74) is 6.33. The van der Waals surface area contributed by atoms with E-state index in [9.17, 15) is 0 Å².